The Kier molecular flexibility index (Phi) is 4.95. The lowest BCUT2D eigenvalue weighted by molar-refractivity contribution is -0.140. The lowest BCUT2D eigenvalue weighted by Gasteiger charge is -2.37. The standard InChI is InChI=1S/C13H23N3O4/c1-14-4-6-15(7-5-14)10-8-16(9-11(10)17)12(18)2-3-13(19)20/h10-11,17H,2-9H2,1H3,(H,19,20)/t10-,11-/m1/s1. The molecule has 2 saturated heterocycles. The molecule has 20 heavy (non-hydrogen) atoms. The number of carboxylic acid groups (broad SMARTS) is 1. The van der Waals surface area contributed by atoms with Crippen LogP contribution in [-0.4, -0.2) is 95.3 Å². The quantitative estimate of drug-likeness (QED) is 0.666. The molecule has 0 radical (unpaired) electrons. The fourth-order valence-electron chi connectivity index (χ4n) is 2.86. The first kappa shape index (κ1) is 15.2. The van der Waals surface area contributed by atoms with Crippen molar-refractivity contribution in [1.29, 1.82) is 0 Å². The Labute approximate surface area is 118 Å². The van der Waals surface area contributed by atoms with Crippen LogP contribution < -0.4 is 0 Å². The molecule has 2 aliphatic heterocycles. The van der Waals surface area contributed by atoms with Gasteiger partial charge in [0.1, 0.15) is 0 Å². The van der Waals surface area contributed by atoms with Crippen molar-refractivity contribution in [2.75, 3.05) is 46.3 Å². The van der Waals surface area contributed by atoms with Crippen molar-refractivity contribution in [3.8, 4) is 0 Å². The molecule has 2 N–H and O–H groups in total. The number of likely N-dealkylation sites (N-methyl/N-ethyl adjacent to an activating group) is 1. The lowest BCUT2D eigenvalue weighted by atomic mass is 10.1. The number of aliphatic hydroxyl groups excluding tert-OH is 1. The number of piperazine rings is 1. The summed E-state index contributed by atoms with van der Waals surface area (Å²) in [6, 6.07) is -0.0162. The molecule has 2 fully saturated rings. The van der Waals surface area contributed by atoms with E-state index in [4.69, 9.17) is 5.11 Å². The third-order valence-corrected chi connectivity index (χ3v) is 4.17. The van der Waals surface area contributed by atoms with Crippen LogP contribution in [0.15, 0.2) is 0 Å². The number of carboxylic acids is 1. The van der Waals surface area contributed by atoms with Gasteiger partial charge in [0.25, 0.3) is 0 Å². The first-order chi connectivity index (χ1) is 9.47. The second-order valence-electron chi connectivity index (χ2n) is 5.67. The Morgan fingerprint density at radius 3 is 2.35 bits per heavy atom. The number of rotatable bonds is 4. The number of aliphatic carboxylic acids is 1. The zero-order valence-corrected chi connectivity index (χ0v) is 11.9. The maximum Gasteiger partial charge on any atom is 0.303 e. The van der Waals surface area contributed by atoms with Crippen LogP contribution in [0.2, 0.25) is 0 Å². The molecule has 0 spiro atoms. The van der Waals surface area contributed by atoms with Crippen LogP contribution in [0.25, 0.3) is 0 Å². The maximum absolute atomic E-state index is 11.9. The fraction of sp³-hybridized carbons (Fsp3) is 0.846. The van der Waals surface area contributed by atoms with Crippen molar-refractivity contribution in [2.24, 2.45) is 0 Å². The largest absolute Gasteiger partial charge is 0.481 e. The van der Waals surface area contributed by atoms with E-state index in [1.165, 1.54) is 0 Å². The van der Waals surface area contributed by atoms with Crippen molar-refractivity contribution in [2.45, 2.75) is 25.0 Å². The topological polar surface area (TPSA) is 84.3 Å². The number of hydrogen-bond acceptors (Lipinski definition) is 5. The van der Waals surface area contributed by atoms with Crippen LogP contribution in [-0.2, 0) is 9.59 Å². The van der Waals surface area contributed by atoms with Crippen molar-refractivity contribution >= 4 is 11.9 Å². The Morgan fingerprint density at radius 2 is 1.75 bits per heavy atom. The molecule has 0 unspecified atom stereocenters. The third-order valence-electron chi connectivity index (χ3n) is 4.17. The van der Waals surface area contributed by atoms with Crippen LogP contribution in [0, 0.1) is 0 Å². The van der Waals surface area contributed by atoms with Crippen molar-refractivity contribution in [3.63, 3.8) is 0 Å². The van der Waals surface area contributed by atoms with Gasteiger partial charge >= 0.3 is 5.97 Å². The van der Waals surface area contributed by atoms with Gasteiger partial charge in [-0.1, -0.05) is 0 Å². The second kappa shape index (κ2) is 6.51. The van der Waals surface area contributed by atoms with Gasteiger partial charge in [0.2, 0.25) is 5.91 Å². The van der Waals surface area contributed by atoms with E-state index in [1.54, 1.807) is 4.90 Å². The number of β-amino-alcohol motifs (C(OH)–C–C–N with tert-alkyl or cyclic N) is 1. The molecule has 0 aromatic rings. The summed E-state index contributed by atoms with van der Waals surface area (Å²) in [4.78, 5) is 28.5. The number of carbonyl (C=O) groups excluding carboxylic acids is 1. The van der Waals surface area contributed by atoms with Gasteiger partial charge in [-0.2, -0.15) is 0 Å². The minimum Gasteiger partial charge on any atom is -0.481 e. The molecule has 0 aliphatic carbocycles. The molecule has 0 bridgehead atoms. The molecule has 7 heteroatoms. The third kappa shape index (κ3) is 3.68. The Bertz CT molecular complexity index is 369. The van der Waals surface area contributed by atoms with Crippen LogP contribution in [0.5, 0.6) is 0 Å². The Morgan fingerprint density at radius 1 is 1.10 bits per heavy atom. The summed E-state index contributed by atoms with van der Waals surface area (Å²) >= 11 is 0. The molecule has 2 rings (SSSR count). The predicted molar refractivity (Wildman–Crippen MR) is 72.3 cm³/mol. The van der Waals surface area contributed by atoms with Crippen molar-refractivity contribution in [3.05, 3.63) is 0 Å². The Hall–Kier alpha value is -1.18. The summed E-state index contributed by atoms with van der Waals surface area (Å²) in [5.74, 6) is -1.14. The first-order valence-electron chi connectivity index (χ1n) is 7.07. The molecule has 2 atom stereocenters. The summed E-state index contributed by atoms with van der Waals surface area (Å²) in [6.45, 7) is 4.55. The molecule has 0 aromatic carbocycles. The fourth-order valence-corrected chi connectivity index (χ4v) is 2.86. The maximum atomic E-state index is 11.9. The van der Waals surface area contributed by atoms with E-state index in [1.807, 2.05) is 0 Å². The van der Waals surface area contributed by atoms with Crippen molar-refractivity contribution < 1.29 is 19.8 Å². The second-order valence-corrected chi connectivity index (χ2v) is 5.67. The van der Waals surface area contributed by atoms with E-state index in [0.717, 1.165) is 26.2 Å². The van der Waals surface area contributed by atoms with Gasteiger partial charge in [-0.05, 0) is 7.05 Å². The van der Waals surface area contributed by atoms with E-state index >= 15 is 0 Å². The molecule has 0 aromatic heterocycles. The van der Waals surface area contributed by atoms with Crippen LogP contribution >= 0.6 is 0 Å². The van der Waals surface area contributed by atoms with Crippen molar-refractivity contribution in [1.82, 2.24) is 14.7 Å². The van der Waals surface area contributed by atoms with Gasteiger partial charge in [0, 0.05) is 45.7 Å². The molecule has 114 valence electrons. The van der Waals surface area contributed by atoms with Gasteiger partial charge in [-0.3, -0.25) is 14.5 Å². The normalized spacial score (nSPS) is 28.8. The number of likely N-dealkylation sites (tertiary alicyclic amines) is 1. The summed E-state index contributed by atoms with van der Waals surface area (Å²) in [5, 5.41) is 18.7. The molecule has 7 nitrogen and oxygen atoms in total. The highest BCUT2D eigenvalue weighted by Gasteiger charge is 2.38. The van der Waals surface area contributed by atoms with E-state index in [0.29, 0.717) is 13.1 Å². The molecule has 2 aliphatic rings. The minimum absolute atomic E-state index is 0.0114. The Balaban J connectivity index is 1.85. The minimum atomic E-state index is -0.964. The monoisotopic (exact) mass is 285 g/mol. The lowest BCUT2D eigenvalue weighted by Crippen LogP contribution is -2.52. The molecule has 1 amide bonds. The SMILES string of the molecule is CN1CCN([C@@H]2CN(C(=O)CCC(=O)O)C[C@H]2O)CC1. The zero-order chi connectivity index (χ0) is 14.7. The van der Waals surface area contributed by atoms with Gasteiger partial charge in [-0.15, -0.1) is 0 Å². The van der Waals surface area contributed by atoms with Crippen LogP contribution in [0.3, 0.4) is 0 Å². The zero-order valence-electron chi connectivity index (χ0n) is 11.9. The average Bonchev–Trinajstić information content (AvgIpc) is 2.79. The predicted octanol–water partition coefficient (Wildman–Crippen LogP) is -1.33. The first-order valence-corrected chi connectivity index (χ1v) is 7.07. The van der Waals surface area contributed by atoms with E-state index in [9.17, 15) is 14.7 Å². The van der Waals surface area contributed by atoms with Gasteiger partial charge in [0.15, 0.2) is 0 Å². The molecule has 2 heterocycles. The molecule has 0 saturated carbocycles. The smallest absolute Gasteiger partial charge is 0.303 e. The summed E-state index contributed by atoms with van der Waals surface area (Å²) in [5.41, 5.74) is 0. The number of nitrogens with zero attached hydrogens (tertiary/aromatic N) is 3. The number of aliphatic hydroxyl groups is 1. The van der Waals surface area contributed by atoms with Gasteiger partial charge in [-0.25, -0.2) is 0 Å². The van der Waals surface area contributed by atoms with E-state index in [2.05, 4.69) is 16.8 Å². The van der Waals surface area contributed by atoms with E-state index in [-0.39, 0.29) is 24.8 Å². The van der Waals surface area contributed by atoms with Gasteiger partial charge < -0.3 is 20.0 Å². The average molecular weight is 285 g/mol. The number of carbonyl (C=O) groups is 2. The molecular formula is C13H23N3O4. The summed E-state index contributed by atoms with van der Waals surface area (Å²) in [6.07, 6.45) is -0.672. The van der Waals surface area contributed by atoms with Gasteiger partial charge in [0.05, 0.1) is 18.6 Å². The van der Waals surface area contributed by atoms with Crippen LogP contribution in [0.4, 0.5) is 0 Å². The molecular weight excluding hydrogens is 262 g/mol. The highest BCUT2D eigenvalue weighted by molar-refractivity contribution is 5.81. The number of amides is 1. The van der Waals surface area contributed by atoms with Crippen LogP contribution in [0.1, 0.15) is 12.8 Å². The summed E-state index contributed by atoms with van der Waals surface area (Å²) in [7, 11) is 2.07. The number of hydrogen-bond donors (Lipinski definition) is 2. The highest BCUT2D eigenvalue weighted by atomic mass is 16.4. The highest BCUT2D eigenvalue weighted by Crippen LogP contribution is 2.19. The van der Waals surface area contributed by atoms with E-state index < -0.39 is 12.1 Å². The summed E-state index contributed by atoms with van der Waals surface area (Å²) < 4.78 is 0.